The van der Waals surface area contributed by atoms with Crippen molar-refractivity contribution in [3.8, 4) is 0 Å². The maximum atomic E-state index is 11.0. The summed E-state index contributed by atoms with van der Waals surface area (Å²) in [5.41, 5.74) is 0. The van der Waals surface area contributed by atoms with E-state index in [1.165, 1.54) is 0 Å². The molecule has 2 N–H and O–H groups in total. The molecule has 1 aromatic rings. The van der Waals surface area contributed by atoms with Crippen molar-refractivity contribution in [3.63, 3.8) is 0 Å². The Morgan fingerprint density at radius 1 is 1.39 bits per heavy atom. The Bertz CT molecular complexity index is 389. The van der Waals surface area contributed by atoms with Crippen LogP contribution in [-0.4, -0.2) is 38.4 Å². The Morgan fingerprint density at radius 2 is 2.11 bits per heavy atom. The van der Waals surface area contributed by atoms with Crippen LogP contribution in [0, 0.1) is 0 Å². The average Bonchev–Trinajstić information content (AvgIpc) is 2.76. The molecule has 6 heteroatoms. The summed E-state index contributed by atoms with van der Waals surface area (Å²) in [5, 5.41) is 16.4. The van der Waals surface area contributed by atoms with Gasteiger partial charge in [-0.2, -0.15) is 5.10 Å². The number of aryl methyl sites for hydroxylation is 3. The van der Waals surface area contributed by atoms with Crippen LogP contribution in [0.25, 0.3) is 0 Å². The van der Waals surface area contributed by atoms with Gasteiger partial charge >= 0.3 is 5.97 Å². The van der Waals surface area contributed by atoms with Crippen LogP contribution in [0.5, 0.6) is 0 Å². The normalized spacial score (nSPS) is 12.6. The fourth-order valence-electron chi connectivity index (χ4n) is 1.83. The number of likely N-dealkylation sites (N-methyl/N-ethyl adjacent to an activating group) is 1. The van der Waals surface area contributed by atoms with Crippen LogP contribution in [-0.2, 0) is 24.2 Å². The second-order valence-corrected chi connectivity index (χ2v) is 4.11. The molecule has 18 heavy (non-hydrogen) atoms. The van der Waals surface area contributed by atoms with Crippen LogP contribution in [0.3, 0.4) is 0 Å². The molecule has 0 saturated carbocycles. The first kappa shape index (κ1) is 14.6. The molecule has 1 unspecified atom stereocenters. The maximum absolute atomic E-state index is 11.0. The number of aromatic nitrogens is 3. The van der Waals surface area contributed by atoms with E-state index in [2.05, 4.69) is 15.4 Å². The van der Waals surface area contributed by atoms with E-state index in [4.69, 9.17) is 5.11 Å². The van der Waals surface area contributed by atoms with E-state index < -0.39 is 12.0 Å². The Kier molecular flexibility index (Phi) is 5.77. The fourth-order valence-corrected chi connectivity index (χ4v) is 1.83. The van der Waals surface area contributed by atoms with Crippen molar-refractivity contribution in [2.45, 2.75) is 52.6 Å². The summed E-state index contributed by atoms with van der Waals surface area (Å²) in [5.74, 6) is 0.931. The van der Waals surface area contributed by atoms with E-state index in [0.717, 1.165) is 24.5 Å². The zero-order chi connectivity index (χ0) is 13.5. The van der Waals surface area contributed by atoms with Gasteiger partial charge in [-0.05, 0) is 13.0 Å². The van der Waals surface area contributed by atoms with Crippen LogP contribution >= 0.6 is 0 Å². The monoisotopic (exact) mass is 254 g/mol. The maximum Gasteiger partial charge on any atom is 0.320 e. The number of rotatable bonds is 8. The topological polar surface area (TPSA) is 80.0 Å². The molecule has 0 saturated heterocycles. The van der Waals surface area contributed by atoms with Crippen LogP contribution in [0.1, 0.15) is 38.8 Å². The van der Waals surface area contributed by atoms with E-state index in [1.807, 2.05) is 25.5 Å². The molecule has 1 atom stereocenters. The van der Waals surface area contributed by atoms with Crippen molar-refractivity contribution >= 4 is 5.97 Å². The third kappa shape index (κ3) is 3.80. The van der Waals surface area contributed by atoms with E-state index >= 15 is 0 Å². The average molecular weight is 254 g/mol. The van der Waals surface area contributed by atoms with Crippen LogP contribution in [0.2, 0.25) is 0 Å². The smallest absolute Gasteiger partial charge is 0.320 e. The zero-order valence-corrected chi connectivity index (χ0v) is 11.3. The zero-order valence-electron chi connectivity index (χ0n) is 11.3. The van der Waals surface area contributed by atoms with Crippen molar-refractivity contribution in [2.75, 3.05) is 6.54 Å². The molecule has 0 amide bonds. The van der Waals surface area contributed by atoms with Gasteiger partial charge < -0.3 is 10.4 Å². The van der Waals surface area contributed by atoms with Crippen molar-refractivity contribution in [1.29, 1.82) is 0 Å². The number of hydrogen-bond donors (Lipinski definition) is 2. The molecular formula is C12H22N4O2. The molecule has 6 nitrogen and oxygen atoms in total. The molecule has 0 bridgehead atoms. The number of nitrogens with zero attached hydrogens (tertiary/aromatic N) is 3. The van der Waals surface area contributed by atoms with Crippen LogP contribution < -0.4 is 5.32 Å². The molecule has 1 aromatic heterocycles. The lowest BCUT2D eigenvalue weighted by atomic mass is 10.2. The molecule has 1 rings (SSSR count). The van der Waals surface area contributed by atoms with Gasteiger partial charge in [-0.15, -0.1) is 0 Å². The molecule has 0 aliphatic carbocycles. The van der Waals surface area contributed by atoms with Gasteiger partial charge in [0.2, 0.25) is 0 Å². The Labute approximate surface area is 107 Å². The number of carboxylic acids is 1. The largest absolute Gasteiger partial charge is 0.480 e. The summed E-state index contributed by atoms with van der Waals surface area (Å²) in [7, 11) is 0. The van der Waals surface area contributed by atoms with Crippen molar-refractivity contribution in [3.05, 3.63) is 11.6 Å². The minimum absolute atomic E-state index is 0.517. The van der Waals surface area contributed by atoms with Gasteiger partial charge in [0.15, 0.2) is 5.82 Å². The molecule has 0 aromatic carbocycles. The third-order valence-electron chi connectivity index (χ3n) is 2.80. The second kappa shape index (κ2) is 7.10. The van der Waals surface area contributed by atoms with Crippen LogP contribution in [0.15, 0.2) is 0 Å². The summed E-state index contributed by atoms with van der Waals surface area (Å²) in [6.07, 6.45) is 2.13. The van der Waals surface area contributed by atoms with E-state index in [-0.39, 0.29) is 0 Å². The quantitative estimate of drug-likeness (QED) is 0.719. The first-order valence-corrected chi connectivity index (χ1v) is 6.51. The Morgan fingerprint density at radius 3 is 2.61 bits per heavy atom. The predicted octanol–water partition coefficient (Wildman–Crippen LogP) is 0.856. The van der Waals surface area contributed by atoms with Gasteiger partial charge in [0, 0.05) is 19.4 Å². The predicted molar refractivity (Wildman–Crippen MR) is 68.5 cm³/mol. The molecule has 1 heterocycles. The fraction of sp³-hybridized carbons (Fsp3) is 0.750. The summed E-state index contributed by atoms with van der Waals surface area (Å²) in [6.45, 7) is 7.17. The summed E-state index contributed by atoms with van der Waals surface area (Å²) in [6, 6.07) is -0.519. The lowest BCUT2D eigenvalue weighted by molar-refractivity contribution is -0.139. The highest BCUT2D eigenvalue weighted by molar-refractivity contribution is 5.73. The summed E-state index contributed by atoms with van der Waals surface area (Å²) < 4.78 is 1.83. The molecule has 102 valence electrons. The van der Waals surface area contributed by atoms with Gasteiger partial charge in [0.1, 0.15) is 11.9 Å². The third-order valence-corrected chi connectivity index (χ3v) is 2.80. The lowest BCUT2D eigenvalue weighted by Crippen LogP contribution is -2.37. The molecule has 0 aliphatic rings. The number of carboxylic acid groups (broad SMARTS) is 1. The minimum Gasteiger partial charge on any atom is -0.480 e. The van der Waals surface area contributed by atoms with Crippen molar-refractivity contribution < 1.29 is 9.90 Å². The van der Waals surface area contributed by atoms with Crippen molar-refractivity contribution in [1.82, 2.24) is 20.1 Å². The van der Waals surface area contributed by atoms with Crippen molar-refractivity contribution in [2.24, 2.45) is 0 Å². The first-order chi connectivity index (χ1) is 8.62. The molecule has 0 radical (unpaired) electrons. The Balaban J connectivity index is 2.66. The standard InChI is InChI=1S/C12H22N4O2/c1-4-10-14-11(5-2)16(15-10)8-7-9(12(17)18)13-6-3/h9,13H,4-8H2,1-3H3,(H,17,18). The van der Waals surface area contributed by atoms with Gasteiger partial charge in [-0.25, -0.2) is 9.67 Å². The van der Waals surface area contributed by atoms with E-state index in [0.29, 0.717) is 19.5 Å². The van der Waals surface area contributed by atoms with Gasteiger partial charge in [-0.3, -0.25) is 4.79 Å². The van der Waals surface area contributed by atoms with Gasteiger partial charge in [0.25, 0.3) is 0 Å². The highest BCUT2D eigenvalue weighted by Gasteiger charge is 2.17. The molecular weight excluding hydrogens is 232 g/mol. The minimum atomic E-state index is -0.814. The molecule has 0 fully saturated rings. The summed E-state index contributed by atoms with van der Waals surface area (Å²) >= 11 is 0. The van der Waals surface area contributed by atoms with E-state index in [1.54, 1.807) is 0 Å². The Hall–Kier alpha value is -1.43. The SMILES string of the molecule is CCNC(CCn1nc(CC)nc1CC)C(=O)O. The van der Waals surface area contributed by atoms with Gasteiger partial charge in [0.05, 0.1) is 0 Å². The second-order valence-electron chi connectivity index (χ2n) is 4.11. The van der Waals surface area contributed by atoms with E-state index in [9.17, 15) is 4.79 Å². The molecule has 0 aliphatic heterocycles. The van der Waals surface area contributed by atoms with Gasteiger partial charge in [-0.1, -0.05) is 20.8 Å². The number of carbonyl (C=O) groups is 1. The highest BCUT2D eigenvalue weighted by atomic mass is 16.4. The summed E-state index contributed by atoms with van der Waals surface area (Å²) in [4.78, 5) is 15.4. The molecule has 0 spiro atoms. The number of hydrogen-bond acceptors (Lipinski definition) is 4. The first-order valence-electron chi connectivity index (χ1n) is 6.51. The number of nitrogens with one attached hydrogen (secondary N) is 1. The number of aliphatic carboxylic acids is 1. The lowest BCUT2D eigenvalue weighted by Gasteiger charge is -2.13. The van der Waals surface area contributed by atoms with Crippen LogP contribution in [0.4, 0.5) is 0 Å². The highest BCUT2D eigenvalue weighted by Crippen LogP contribution is 2.04.